The Morgan fingerprint density at radius 1 is 1.29 bits per heavy atom. The molecule has 0 bridgehead atoms. The largest absolute Gasteiger partial charge is 0.477 e. The molecule has 17 heavy (non-hydrogen) atoms. The molecule has 0 aromatic carbocycles. The number of nitrogens with two attached hydrogens (primary N) is 1. The average molecular weight is 235 g/mol. The Bertz CT molecular complexity index is 361. The smallest absolute Gasteiger partial charge is 0.216 e. The lowest BCUT2D eigenvalue weighted by atomic mass is 9.97. The van der Waals surface area contributed by atoms with Gasteiger partial charge in [-0.15, -0.1) is 0 Å². The van der Waals surface area contributed by atoms with E-state index in [2.05, 4.69) is 9.97 Å². The molecule has 1 aromatic heterocycles. The summed E-state index contributed by atoms with van der Waals surface area (Å²) in [6.07, 6.45) is 3.75. The summed E-state index contributed by atoms with van der Waals surface area (Å²) in [5.74, 6) is 2.68. The fourth-order valence-corrected chi connectivity index (χ4v) is 2.59. The van der Waals surface area contributed by atoms with Crippen molar-refractivity contribution in [3.05, 3.63) is 17.6 Å². The molecular weight excluding hydrogens is 214 g/mol. The molecule has 1 fully saturated rings. The summed E-state index contributed by atoms with van der Waals surface area (Å²) >= 11 is 0. The number of hydrogen-bond donors (Lipinski definition) is 1. The maximum absolute atomic E-state index is 5.78. The van der Waals surface area contributed by atoms with Gasteiger partial charge in [-0.1, -0.05) is 6.42 Å². The molecule has 0 amide bonds. The quantitative estimate of drug-likeness (QED) is 0.865. The fraction of sp³-hybridized carbons (Fsp3) is 0.692. The average Bonchev–Trinajstić information content (AvgIpc) is 2.72. The molecule has 0 saturated heterocycles. The van der Waals surface area contributed by atoms with Crippen molar-refractivity contribution < 1.29 is 4.74 Å². The first-order chi connectivity index (χ1) is 8.19. The normalized spacial score (nSPS) is 23.9. The van der Waals surface area contributed by atoms with Crippen LogP contribution in [-0.4, -0.2) is 23.1 Å². The predicted octanol–water partition coefficient (Wildman–Crippen LogP) is 1.85. The van der Waals surface area contributed by atoms with Crippen LogP contribution in [0.15, 0.2) is 6.07 Å². The van der Waals surface area contributed by atoms with Crippen molar-refractivity contribution in [2.45, 2.75) is 33.1 Å². The van der Waals surface area contributed by atoms with E-state index in [0.29, 0.717) is 17.7 Å². The van der Waals surface area contributed by atoms with Gasteiger partial charge < -0.3 is 10.5 Å². The monoisotopic (exact) mass is 235 g/mol. The Balaban J connectivity index is 1.93. The minimum absolute atomic E-state index is 0.593. The summed E-state index contributed by atoms with van der Waals surface area (Å²) in [4.78, 5) is 8.52. The van der Waals surface area contributed by atoms with Crippen LogP contribution in [0.4, 0.5) is 0 Å². The first kappa shape index (κ1) is 12.3. The van der Waals surface area contributed by atoms with Crippen LogP contribution in [0.5, 0.6) is 5.88 Å². The summed E-state index contributed by atoms with van der Waals surface area (Å²) in [5, 5.41) is 0. The molecule has 94 valence electrons. The van der Waals surface area contributed by atoms with Gasteiger partial charge in [0.15, 0.2) is 0 Å². The molecule has 4 nitrogen and oxygen atoms in total. The zero-order valence-electron chi connectivity index (χ0n) is 10.6. The van der Waals surface area contributed by atoms with Crippen molar-refractivity contribution >= 4 is 0 Å². The molecule has 2 rings (SSSR count). The first-order valence-electron chi connectivity index (χ1n) is 6.34. The van der Waals surface area contributed by atoms with E-state index >= 15 is 0 Å². The molecule has 1 aliphatic rings. The number of aromatic nitrogens is 2. The van der Waals surface area contributed by atoms with E-state index in [9.17, 15) is 0 Å². The second-order valence-electron chi connectivity index (χ2n) is 4.89. The zero-order valence-corrected chi connectivity index (χ0v) is 10.6. The lowest BCUT2D eigenvalue weighted by Crippen LogP contribution is -2.23. The maximum Gasteiger partial charge on any atom is 0.216 e. The van der Waals surface area contributed by atoms with Crippen LogP contribution >= 0.6 is 0 Å². The highest BCUT2D eigenvalue weighted by molar-refractivity contribution is 5.14. The van der Waals surface area contributed by atoms with E-state index in [-0.39, 0.29) is 0 Å². The van der Waals surface area contributed by atoms with Crippen LogP contribution in [0.1, 0.15) is 30.8 Å². The number of rotatable bonds is 4. The number of aryl methyl sites for hydroxylation is 2. The van der Waals surface area contributed by atoms with Crippen LogP contribution in [0.25, 0.3) is 0 Å². The molecule has 1 aromatic rings. The van der Waals surface area contributed by atoms with E-state index in [1.165, 1.54) is 19.3 Å². The number of nitrogens with zero attached hydrogens (tertiary/aromatic N) is 2. The number of hydrogen-bond acceptors (Lipinski definition) is 4. The molecule has 2 unspecified atom stereocenters. The summed E-state index contributed by atoms with van der Waals surface area (Å²) in [7, 11) is 0. The van der Waals surface area contributed by atoms with E-state index in [1.807, 2.05) is 19.9 Å². The second kappa shape index (κ2) is 5.45. The molecular formula is C13H21N3O. The lowest BCUT2D eigenvalue weighted by molar-refractivity contribution is 0.209. The molecule has 1 saturated carbocycles. The van der Waals surface area contributed by atoms with Gasteiger partial charge in [0.05, 0.1) is 6.61 Å². The fourth-order valence-electron chi connectivity index (χ4n) is 2.59. The van der Waals surface area contributed by atoms with E-state index in [0.717, 1.165) is 24.7 Å². The van der Waals surface area contributed by atoms with Gasteiger partial charge in [0.2, 0.25) is 5.88 Å². The third kappa shape index (κ3) is 3.16. The Kier molecular flexibility index (Phi) is 3.94. The summed E-state index contributed by atoms with van der Waals surface area (Å²) in [5.41, 5.74) is 6.71. The molecule has 0 aliphatic heterocycles. The standard InChI is InChI=1S/C13H21N3O/c1-9-6-13(16-10(2)15-9)17-8-12-5-3-4-11(12)7-14/h6,11-12H,3-5,7-8,14H2,1-2H3. The van der Waals surface area contributed by atoms with E-state index in [1.54, 1.807) is 0 Å². The van der Waals surface area contributed by atoms with Gasteiger partial charge in [0.25, 0.3) is 0 Å². The molecule has 1 aliphatic carbocycles. The van der Waals surface area contributed by atoms with Crippen LogP contribution in [0.2, 0.25) is 0 Å². The van der Waals surface area contributed by atoms with Crippen LogP contribution in [0, 0.1) is 25.7 Å². The lowest BCUT2D eigenvalue weighted by Gasteiger charge is -2.18. The minimum Gasteiger partial charge on any atom is -0.477 e. The Morgan fingerprint density at radius 3 is 2.76 bits per heavy atom. The predicted molar refractivity (Wildman–Crippen MR) is 66.9 cm³/mol. The van der Waals surface area contributed by atoms with E-state index < -0.39 is 0 Å². The molecule has 4 heteroatoms. The third-order valence-corrected chi connectivity index (χ3v) is 3.51. The minimum atomic E-state index is 0.593. The molecule has 2 N–H and O–H groups in total. The van der Waals surface area contributed by atoms with Crippen molar-refractivity contribution in [3.8, 4) is 5.88 Å². The van der Waals surface area contributed by atoms with Crippen molar-refractivity contribution in [1.29, 1.82) is 0 Å². The van der Waals surface area contributed by atoms with Gasteiger partial charge in [0, 0.05) is 11.8 Å². The maximum atomic E-state index is 5.78. The third-order valence-electron chi connectivity index (χ3n) is 3.51. The highest BCUT2D eigenvalue weighted by Gasteiger charge is 2.26. The van der Waals surface area contributed by atoms with Gasteiger partial charge in [-0.3, -0.25) is 0 Å². The van der Waals surface area contributed by atoms with Crippen LogP contribution in [0.3, 0.4) is 0 Å². The second-order valence-corrected chi connectivity index (χ2v) is 4.89. The highest BCUT2D eigenvalue weighted by atomic mass is 16.5. The Labute approximate surface area is 103 Å². The van der Waals surface area contributed by atoms with Gasteiger partial charge >= 0.3 is 0 Å². The van der Waals surface area contributed by atoms with Gasteiger partial charge in [0.1, 0.15) is 5.82 Å². The Hall–Kier alpha value is -1.16. The van der Waals surface area contributed by atoms with Gasteiger partial charge in [-0.25, -0.2) is 4.98 Å². The topological polar surface area (TPSA) is 61.0 Å². The Morgan fingerprint density at radius 2 is 2.06 bits per heavy atom. The molecule has 2 atom stereocenters. The highest BCUT2D eigenvalue weighted by Crippen LogP contribution is 2.31. The van der Waals surface area contributed by atoms with Crippen molar-refractivity contribution in [2.24, 2.45) is 17.6 Å². The van der Waals surface area contributed by atoms with Crippen LogP contribution in [-0.2, 0) is 0 Å². The van der Waals surface area contributed by atoms with E-state index in [4.69, 9.17) is 10.5 Å². The number of ether oxygens (including phenoxy) is 1. The molecule has 0 spiro atoms. The van der Waals surface area contributed by atoms with Crippen molar-refractivity contribution in [2.75, 3.05) is 13.2 Å². The van der Waals surface area contributed by atoms with Gasteiger partial charge in [-0.05, 0) is 45.1 Å². The molecule has 0 radical (unpaired) electrons. The van der Waals surface area contributed by atoms with Gasteiger partial charge in [-0.2, -0.15) is 4.98 Å². The zero-order chi connectivity index (χ0) is 12.3. The SMILES string of the molecule is Cc1cc(OCC2CCCC2CN)nc(C)n1. The van der Waals surface area contributed by atoms with Crippen molar-refractivity contribution in [1.82, 2.24) is 9.97 Å². The summed E-state index contributed by atoms with van der Waals surface area (Å²) < 4.78 is 5.78. The summed E-state index contributed by atoms with van der Waals surface area (Å²) in [6.45, 7) is 5.35. The van der Waals surface area contributed by atoms with Crippen molar-refractivity contribution in [3.63, 3.8) is 0 Å². The first-order valence-corrected chi connectivity index (χ1v) is 6.34. The summed E-state index contributed by atoms with van der Waals surface area (Å²) in [6, 6.07) is 1.89. The van der Waals surface area contributed by atoms with Crippen LogP contribution < -0.4 is 10.5 Å². The molecule has 1 heterocycles.